The molecule has 0 bridgehead atoms. The highest BCUT2D eigenvalue weighted by atomic mass is 16.5. The number of allylic oxidation sites excluding steroid dienone is 1. The molecule has 3 heteroatoms. The van der Waals surface area contributed by atoms with E-state index in [1.165, 1.54) is 5.57 Å². The minimum Gasteiger partial charge on any atom is -0.465 e. The van der Waals surface area contributed by atoms with E-state index in [1.54, 1.807) is 6.92 Å². The molecule has 0 aromatic heterocycles. The molecule has 3 nitrogen and oxygen atoms in total. The molecule has 1 rings (SSSR count). The number of esters is 1. The number of ether oxygens (including phenoxy) is 1. The molecule has 1 saturated carbocycles. The number of hydrogen-bond acceptors (Lipinski definition) is 3. The molecule has 0 aliphatic heterocycles. The smallest absolute Gasteiger partial charge is 0.330 e. The highest BCUT2D eigenvalue weighted by molar-refractivity contribution is 5.84. The maximum atomic E-state index is 11.8. The first kappa shape index (κ1) is 11.8. The standard InChI is InChI=1S/C12H17NO2/c1-4-12(8-13,11(14)15-5-2)9(3)10-6-7-10/h4-7H2,1-3H3/t12-/m0/s1. The van der Waals surface area contributed by atoms with Crippen LogP contribution in [0.5, 0.6) is 0 Å². The van der Waals surface area contributed by atoms with Gasteiger partial charge >= 0.3 is 5.97 Å². The molecule has 82 valence electrons. The minimum absolute atomic E-state index is 0.324. The number of nitriles is 1. The van der Waals surface area contributed by atoms with E-state index >= 15 is 0 Å². The average Bonchev–Trinajstić information content (AvgIpc) is 3.04. The van der Waals surface area contributed by atoms with Crippen molar-refractivity contribution in [3.8, 4) is 6.07 Å². The van der Waals surface area contributed by atoms with E-state index in [-0.39, 0.29) is 0 Å². The molecule has 0 amide bonds. The fraction of sp³-hybridized carbons (Fsp3) is 0.667. The van der Waals surface area contributed by atoms with Crippen LogP contribution in [0.1, 0.15) is 40.0 Å². The lowest BCUT2D eigenvalue weighted by Crippen LogP contribution is -2.32. The zero-order chi connectivity index (χ0) is 11.5. The largest absolute Gasteiger partial charge is 0.465 e. The van der Waals surface area contributed by atoms with Crippen LogP contribution >= 0.6 is 0 Å². The second-order valence-electron chi connectivity index (χ2n) is 3.82. The normalized spacial score (nSPS) is 17.6. The first-order chi connectivity index (χ1) is 7.12. The van der Waals surface area contributed by atoms with Gasteiger partial charge in [0, 0.05) is 0 Å². The van der Waals surface area contributed by atoms with Crippen molar-refractivity contribution < 1.29 is 9.53 Å². The van der Waals surface area contributed by atoms with Crippen LogP contribution in [-0.2, 0) is 9.53 Å². The van der Waals surface area contributed by atoms with Crippen LogP contribution in [0.25, 0.3) is 0 Å². The lowest BCUT2D eigenvalue weighted by molar-refractivity contribution is -0.150. The Morgan fingerprint density at radius 1 is 1.53 bits per heavy atom. The molecule has 1 atom stereocenters. The van der Waals surface area contributed by atoms with E-state index in [0.29, 0.717) is 13.0 Å². The molecule has 0 unspecified atom stereocenters. The Morgan fingerprint density at radius 2 is 2.13 bits per heavy atom. The van der Waals surface area contributed by atoms with Crippen LogP contribution in [0.3, 0.4) is 0 Å². The summed E-state index contributed by atoms with van der Waals surface area (Å²) < 4.78 is 4.99. The third-order valence-electron chi connectivity index (χ3n) is 3.02. The van der Waals surface area contributed by atoms with Gasteiger partial charge in [0.1, 0.15) is 0 Å². The van der Waals surface area contributed by atoms with Crippen molar-refractivity contribution in [1.29, 1.82) is 5.26 Å². The predicted octanol–water partition coefficient (Wildman–Crippen LogP) is 2.58. The van der Waals surface area contributed by atoms with Crippen LogP contribution in [-0.4, -0.2) is 12.6 Å². The maximum absolute atomic E-state index is 11.8. The van der Waals surface area contributed by atoms with Crippen molar-refractivity contribution >= 4 is 5.97 Å². The quantitative estimate of drug-likeness (QED) is 0.526. The van der Waals surface area contributed by atoms with Gasteiger partial charge in [0.15, 0.2) is 5.41 Å². The number of carbonyl (C=O) groups is 1. The van der Waals surface area contributed by atoms with Crippen molar-refractivity contribution in [1.82, 2.24) is 0 Å². The zero-order valence-electron chi connectivity index (χ0n) is 9.59. The first-order valence-corrected chi connectivity index (χ1v) is 5.40. The molecule has 0 saturated heterocycles. The Bertz CT molecular complexity index is 332. The van der Waals surface area contributed by atoms with Gasteiger partial charge in [-0.15, -0.1) is 0 Å². The van der Waals surface area contributed by atoms with Crippen LogP contribution < -0.4 is 0 Å². The SMILES string of the molecule is CCOC(=O)[C@](C#N)(CC)C(C)=C1CC1. The molecule has 0 spiro atoms. The average molecular weight is 207 g/mol. The van der Waals surface area contributed by atoms with Gasteiger partial charge in [-0.3, -0.25) is 0 Å². The molecule has 0 radical (unpaired) electrons. The summed E-state index contributed by atoms with van der Waals surface area (Å²) in [4.78, 5) is 11.8. The Labute approximate surface area is 90.7 Å². The molecule has 1 fully saturated rings. The second kappa shape index (κ2) is 4.48. The fourth-order valence-corrected chi connectivity index (χ4v) is 1.76. The van der Waals surface area contributed by atoms with Crippen LogP contribution in [0.2, 0.25) is 0 Å². The summed E-state index contributed by atoms with van der Waals surface area (Å²) >= 11 is 0. The molecule has 0 aromatic rings. The summed E-state index contributed by atoms with van der Waals surface area (Å²) in [6.45, 7) is 5.82. The fourth-order valence-electron chi connectivity index (χ4n) is 1.76. The van der Waals surface area contributed by atoms with Crippen LogP contribution in [0.15, 0.2) is 11.1 Å². The molecule has 0 N–H and O–H groups in total. The number of hydrogen-bond donors (Lipinski definition) is 0. The molecule has 1 aliphatic rings. The van der Waals surface area contributed by atoms with Crippen LogP contribution in [0.4, 0.5) is 0 Å². The first-order valence-electron chi connectivity index (χ1n) is 5.40. The van der Waals surface area contributed by atoms with Gasteiger partial charge in [0.05, 0.1) is 12.7 Å². The molecular formula is C12H17NO2. The molecular weight excluding hydrogens is 190 g/mol. The van der Waals surface area contributed by atoms with E-state index in [1.807, 2.05) is 13.8 Å². The Balaban J connectivity index is 3.03. The molecule has 0 aromatic carbocycles. The number of carbonyl (C=O) groups excluding carboxylic acids is 1. The topological polar surface area (TPSA) is 50.1 Å². The Kier molecular flexibility index (Phi) is 3.52. The van der Waals surface area contributed by atoms with E-state index in [9.17, 15) is 10.1 Å². The van der Waals surface area contributed by atoms with E-state index in [2.05, 4.69) is 6.07 Å². The number of nitrogens with zero attached hydrogens (tertiary/aromatic N) is 1. The predicted molar refractivity (Wildman–Crippen MR) is 56.9 cm³/mol. The van der Waals surface area contributed by atoms with E-state index < -0.39 is 11.4 Å². The van der Waals surface area contributed by atoms with Crippen molar-refractivity contribution in [3.05, 3.63) is 11.1 Å². The summed E-state index contributed by atoms with van der Waals surface area (Å²) in [5, 5.41) is 9.24. The van der Waals surface area contributed by atoms with E-state index in [4.69, 9.17) is 4.74 Å². The Hall–Kier alpha value is -1.30. The highest BCUT2D eigenvalue weighted by Crippen LogP contribution is 2.42. The summed E-state index contributed by atoms with van der Waals surface area (Å²) in [6.07, 6.45) is 2.53. The summed E-state index contributed by atoms with van der Waals surface area (Å²) in [5.41, 5.74) is 1.11. The van der Waals surface area contributed by atoms with Gasteiger partial charge in [-0.1, -0.05) is 12.5 Å². The lowest BCUT2D eigenvalue weighted by Gasteiger charge is -2.23. The zero-order valence-corrected chi connectivity index (χ0v) is 9.59. The van der Waals surface area contributed by atoms with E-state index in [0.717, 1.165) is 18.4 Å². The summed E-state index contributed by atoms with van der Waals surface area (Å²) in [5.74, 6) is -0.396. The molecule has 1 aliphatic carbocycles. The highest BCUT2D eigenvalue weighted by Gasteiger charge is 2.43. The Morgan fingerprint density at radius 3 is 2.47 bits per heavy atom. The summed E-state index contributed by atoms with van der Waals surface area (Å²) in [7, 11) is 0. The minimum atomic E-state index is -1.04. The van der Waals surface area contributed by atoms with Crippen LogP contribution in [0, 0.1) is 16.7 Å². The monoisotopic (exact) mass is 207 g/mol. The third kappa shape index (κ3) is 2.04. The van der Waals surface area contributed by atoms with Gasteiger partial charge in [-0.05, 0) is 38.7 Å². The maximum Gasteiger partial charge on any atom is 0.330 e. The van der Waals surface area contributed by atoms with Crippen molar-refractivity contribution in [2.24, 2.45) is 5.41 Å². The van der Waals surface area contributed by atoms with Crippen molar-refractivity contribution in [3.63, 3.8) is 0 Å². The second-order valence-corrected chi connectivity index (χ2v) is 3.82. The summed E-state index contributed by atoms with van der Waals surface area (Å²) in [6, 6.07) is 2.14. The lowest BCUT2D eigenvalue weighted by atomic mass is 9.79. The van der Waals surface area contributed by atoms with Crippen molar-refractivity contribution in [2.45, 2.75) is 40.0 Å². The number of rotatable bonds is 4. The van der Waals surface area contributed by atoms with Gasteiger partial charge in [-0.25, -0.2) is 4.79 Å². The van der Waals surface area contributed by atoms with Gasteiger partial charge in [0.25, 0.3) is 0 Å². The third-order valence-corrected chi connectivity index (χ3v) is 3.02. The van der Waals surface area contributed by atoms with Gasteiger partial charge in [0.2, 0.25) is 0 Å². The molecule has 15 heavy (non-hydrogen) atoms. The van der Waals surface area contributed by atoms with Gasteiger partial charge < -0.3 is 4.74 Å². The van der Waals surface area contributed by atoms with Crippen molar-refractivity contribution in [2.75, 3.05) is 6.61 Å². The molecule has 0 heterocycles. The van der Waals surface area contributed by atoms with Gasteiger partial charge in [-0.2, -0.15) is 5.26 Å².